The van der Waals surface area contributed by atoms with E-state index in [9.17, 15) is 4.79 Å². The van der Waals surface area contributed by atoms with Crippen LogP contribution in [0.5, 0.6) is 0 Å². The Kier molecular flexibility index (Phi) is 9.88. The molecule has 0 aliphatic rings. The first-order valence-electron chi connectivity index (χ1n) is 8.41. The molecule has 2 atom stereocenters. The highest BCUT2D eigenvalue weighted by atomic mass is 16.5. The van der Waals surface area contributed by atoms with Crippen molar-refractivity contribution in [3.05, 3.63) is 0 Å². The molecule has 0 aromatic rings. The van der Waals surface area contributed by atoms with Gasteiger partial charge in [0.15, 0.2) is 0 Å². The second kappa shape index (κ2) is 10.2. The second-order valence-corrected chi connectivity index (χ2v) is 6.45. The number of likely N-dealkylation sites (N-methyl/N-ethyl adjacent to an activating group) is 1. The van der Waals surface area contributed by atoms with Crippen LogP contribution in [0.1, 0.15) is 67.2 Å². The number of hydrogen-bond acceptors (Lipinski definition) is 4. The lowest BCUT2D eigenvalue weighted by atomic mass is 9.92. The summed E-state index contributed by atoms with van der Waals surface area (Å²) < 4.78 is 4.99. The SMILES string of the molecule is CCCCCN(C(C)C)C(C)CC(C)(NCC)C(=O)OC. The summed E-state index contributed by atoms with van der Waals surface area (Å²) in [5.41, 5.74) is -0.610. The van der Waals surface area contributed by atoms with Gasteiger partial charge in [-0.1, -0.05) is 26.7 Å². The molecule has 0 amide bonds. The number of carbonyl (C=O) groups is 1. The van der Waals surface area contributed by atoms with Gasteiger partial charge in [-0.3, -0.25) is 9.69 Å². The zero-order valence-electron chi connectivity index (χ0n) is 15.2. The number of nitrogens with one attached hydrogen (secondary N) is 1. The van der Waals surface area contributed by atoms with Crippen molar-refractivity contribution in [1.29, 1.82) is 0 Å². The first-order valence-corrected chi connectivity index (χ1v) is 8.41. The van der Waals surface area contributed by atoms with Crippen molar-refractivity contribution in [2.45, 2.75) is 84.8 Å². The highest BCUT2D eigenvalue weighted by Gasteiger charge is 2.36. The monoisotopic (exact) mass is 300 g/mol. The van der Waals surface area contributed by atoms with Crippen LogP contribution in [0.15, 0.2) is 0 Å². The Labute approximate surface area is 131 Å². The maximum atomic E-state index is 12.1. The molecular weight excluding hydrogens is 264 g/mol. The van der Waals surface area contributed by atoms with Crippen molar-refractivity contribution in [2.75, 3.05) is 20.2 Å². The number of esters is 1. The molecule has 0 rings (SSSR count). The molecule has 0 radical (unpaired) electrons. The molecule has 0 saturated carbocycles. The molecule has 0 aliphatic heterocycles. The minimum absolute atomic E-state index is 0.173. The Morgan fingerprint density at radius 1 is 1.24 bits per heavy atom. The zero-order valence-corrected chi connectivity index (χ0v) is 15.2. The lowest BCUT2D eigenvalue weighted by Gasteiger charge is -2.38. The molecule has 0 aromatic carbocycles. The van der Waals surface area contributed by atoms with E-state index >= 15 is 0 Å². The van der Waals surface area contributed by atoms with E-state index in [-0.39, 0.29) is 5.97 Å². The second-order valence-electron chi connectivity index (χ2n) is 6.45. The number of carbonyl (C=O) groups excluding carboxylic acids is 1. The van der Waals surface area contributed by atoms with Gasteiger partial charge in [0.05, 0.1) is 7.11 Å². The summed E-state index contributed by atoms with van der Waals surface area (Å²) in [4.78, 5) is 14.6. The Balaban J connectivity index is 4.82. The summed E-state index contributed by atoms with van der Waals surface area (Å²) in [7, 11) is 1.46. The van der Waals surface area contributed by atoms with Crippen molar-refractivity contribution >= 4 is 5.97 Å². The summed E-state index contributed by atoms with van der Waals surface area (Å²) in [6.07, 6.45) is 4.47. The third kappa shape index (κ3) is 6.79. The number of nitrogens with zero attached hydrogens (tertiary/aromatic N) is 1. The first-order chi connectivity index (χ1) is 9.82. The maximum absolute atomic E-state index is 12.1. The molecule has 2 unspecified atom stereocenters. The van der Waals surface area contributed by atoms with Crippen LogP contribution in [0.4, 0.5) is 0 Å². The van der Waals surface area contributed by atoms with E-state index in [0.29, 0.717) is 12.1 Å². The normalized spacial score (nSPS) is 16.0. The minimum Gasteiger partial charge on any atom is -0.468 e. The predicted octanol–water partition coefficient (Wildman–Crippen LogP) is 3.21. The number of ether oxygens (including phenoxy) is 1. The number of hydrogen-bond donors (Lipinski definition) is 1. The molecule has 4 nitrogen and oxygen atoms in total. The fraction of sp³-hybridized carbons (Fsp3) is 0.941. The van der Waals surface area contributed by atoms with E-state index in [4.69, 9.17) is 4.74 Å². The van der Waals surface area contributed by atoms with Gasteiger partial charge in [-0.15, -0.1) is 0 Å². The summed E-state index contributed by atoms with van der Waals surface area (Å²) in [5.74, 6) is -0.173. The molecule has 0 spiro atoms. The number of unbranched alkanes of at least 4 members (excludes halogenated alkanes) is 2. The summed E-state index contributed by atoms with van der Waals surface area (Å²) in [6, 6.07) is 0.824. The van der Waals surface area contributed by atoms with Crippen LogP contribution in [0.2, 0.25) is 0 Å². The summed E-state index contributed by atoms with van der Waals surface area (Å²) >= 11 is 0. The Hall–Kier alpha value is -0.610. The van der Waals surface area contributed by atoms with Gasteiger partial charge in [0, 0.05) is 12.1 Å². The van der Waals surface area contributed by atoms with Crippen LogP contribution < -0.4 is 5.32 Å². The van der Waals surface area contributed by atoms with Crippen LogP contribution in [-0.4, -0.2) is 48.7 Å². The summed E-state index contributed by atoms with van der Waals surface area (Å²) in [5, 5.41) is 3.30. The van der Waals surface area contributed by atoms with Crippen LogP contribution in [0, 0.1) is 0 Å². The molecule has 0 bridgehead atoms. The molecule has 126 valence electrons. The van der Waals surface area contributed by atoms with E-state index in [1.807, 2.05) is 13.8 Å². The Morgan fingerprint density at radius 2 is 1.86 bits per heavy atom. The van der Waals surface area contributed by atoms with Gasteiger partial charge in [-0.2, -0.15) is 0 Å². The zero-order chi connectivity index (χ0) is 16.5. The van der Waals surface area contributed by atoms with Crippen molar-refractivity contribution in [3.63, 3.8) is 0 Å². The highest BCUT2D eigenvalue weighted by molar-refractivity contribution is 5.80. The summed E-state index contributed by atoms with van der Waals surface area (Å²) in [6.45, 7) is 14.7. The first kappa shape index (κ1) is 20.4. The number of methoxy groups -OCH3 is 1. The van der Waals surface area contributed by atoms with Gasteiger partial charge in [0.25, 0.3) is 0 Å². The van der Waals surface area contributed by atoms with Gasteiger partial charge in [0.1, 0.15) is 5.54 Å². The van der Waals surface area contributed by atoms with Gasteiger partial charge in [-0.25, -0.2) is 0 Å². The van der Waals surface area contributed by atoms with Crippen LogP contribution in [0.3, 0.4) is 0 Å². The maximum Gasteiger partial charge on any atom is 0.325 e. The lowest BCUT2D eigenvalue weighted by Crippen LogP contribution is -2.54. The molecule has 0 saturated heterocycles. The molecular formula is C17H36N2O2. The molecule has 1 N–H and O–H groups in total. The van der Waals surface area contributed by atoms with Crippen LogP contribution in [-0.2, 0) is 9.53 Å². The van der Waals surface area contributed by atoms with Crippen molar-refractivity contribution in [1.82, 2.24) is 10.2 Å². The van der Waals surface area contributed by atoms with Crippen LogP contribution in [0.25, 0.3) is 0 Å². The quantitative estimate of drug-likeness (QED) is 0.470. The van der Waals surface area contributed by atoms with Gasteiger partial charge in [-0.05, 0) is 53.6 Å². The smallest absolute Gasteiger partial charge is 0.325 e. The van der Waals surface area contributed by atoms with E-state index in [2.05, 4.69) is 37.9 Å². The van der Waals surface area contributed by atoms with E-state index in [0.717, 1.165) is 19.5 Å². The van der Waals surface area contributed by atoms with Gasteiger partial charge in [0.2, 0.25) is 0 Å². The molecule has 0 fully saturated rings. The lowest BCUT2D eigenvalue weighted by molar-refractivity contribution is -0.148. The van der Waals surface area contributed by atoms with Gasteiger partial charge < -0.3 is 10.1 Å². The number of rotatable bonds is 11. The van der Waals surface area contributed by atoms with E-state index in [1.165, 1.54) is 26.4 Å². The fourth-order valence-corrected chi connectivity index (χ4v) is 3.08. The molecule has 4 heteroatoms. The van der Waals surface area contributed by atoms with Gasteiger partial charge >= 0.3 is 5.97 Å². The largest absolute Gasteiger partial charge is 0.468 e. The predicted molar refractivity (Wildman–Crippen MR) is 89.5 cm³/mol. The van der Waals surface area contributed by atoms with Crippen molar-refractivity contribution in [3.8, 4) is 0 Å². The standard InChI is InChI=1S/C17H36N2O2/c1-8-10-11-12-19(14(3)4)15(5)13-17(6,18-9-2)16(20)21-7/h14-15,18H,8-13H2,1-7H3. The molecule has 0 aromatic heterocycles. The molecule has 21 heavy (non-hydrogen) atoms. The topological polar surface area (TPSA) is 41.6 Å². The van der Waals surface area contributed by atoms with E-state index < -0.39 is 5.54 Å². The Morgan fingerprint density at radius 3 is 2.29 bits per heavy atom. The third-order valence-electron chi connectivity index (χ3n) is 4.16. The van der Waals surface area contributed by atoms with Crippen LogP contribution >= 0.6 is 0 Å². The van der Waals surface area contributed by atoms with Crippen molar-refractivity contribution < 1.29 is 9.53 Å². The highest BCUT2D eigenvalue weighted by Crippen LogP contribution is 2.20. The molecule has 0 heterocycles. The average molecular weight is 300 g/mol. The van der Waals surface area contributed by atoms with Crippen molar-refractivity contribution in [2.24, 2.45) is 0 Å². The minimum atomic E-state index is -0.610. The Bertz CT molecular complexity index is 295. The third-order valence-corrected chi connectivity index (χ3v) is 4.16. The van der Waals surface area contributed by atoms with E-state index in [1.54, 1.807) is 0 Å². The molecule has 0 aliphatic carbocycles. The fourth-order valence-electron chi connectivity index (χ4n) is 3.08. The average Bonchev–Trinajstić information content (AvgIpc) is 2.42.